The van der Waals surface area contributed by atoms with Crippen molar-refractivity contribution >= 4 is 21.8 Å². The lowest BCUT2D eigenvalue weighted by Crippen LogP contribution is -2.49. The summed E-state index contributed by atoms with van der Waals surface area (Å²) in [4.78, 5) is 14.1. The molecule has 1 aliphatic carbocycles. The highest BCUT2D eigenvalue weighted by Gasteiger charge is 2.43. The number of hydrogen-bond donors (Lipinski definition) is 1. The first-order valence-electron chi connectivity index (χ1n) is 6.59. The van der Waals surface area contributed by atoms with Crippen molar-refractivity contribution < 1.29 is 9.18 Å². The van der Waals surface area contributed by atoms with Crippen LogP contribution in [0.25, 0.3) is 0 Å². The summed E-state index contributed by atoms with van der Waals surface area (Å²) >= 11 is 3.39. The summed E-state index contributed by atoms with van der Waals surface area (Å²) in [5.41, 5.74) is 7.14. The lowest BCUT2D eigenvalue weighted by molar-refractivity contribution is -0.138. The average molecular weight is 327 g/mol. The Morgan fingerprint density at radius 2 is 2.05 bits per heavy atom. The Kier molecular flexibility index (Phi) is 3.35. The third kappa shape index (κ3) is 2.41. The highest BCUT2D eigenvalue weighted by Crippen LogP contribution is 2.41. The van der Waals surface area contributed by atoms with Gasteiger partial charge in [-0.15, -0.1) is 0 Å². The highest BCUT2D eigenvalue weighted by molar-refractivity contribution is 9.10. The third-order valence-corrected chi connectivity index (χ3v) is 4.59. The molecule has 5 heteroatoms. The molecule has 1 saturated carbocycles. The molecule has 1 aromatic carbocycles. The molecule has 1 amide bonds. The molecule has 3 nitrogen and oxygen atoms in total. The first kappa shape index (κ1) is 13.1. The van der Waals surface area contributed by atoms with Crippen molar-refractivity contribution in [1.82, 2.24) is 4.90 Å². The molecule has 0 spiro atoms. The lowest BCUT2D eigenvalue weighted by Gasteiger charge is -2.40. The van der Waals surface area contributed by atoms with Gasteiger partial charge in [-0.05, 0) is 37.0 Å². The Morgan fingerprint density at radius 3 is 2.68 bits per heavy atom. The molecule has 3 rings (SSSR count). The molecule has 1 saturated heterocycles. The van der Waals surface area contributed by atoms with Crippen LogP contribution in [0.15, 0.2) is 22.7 Å². The van der Waals surface area contributed by atoms with Crippen LogP contribution in [0, 0.1) is 5.82 Å². The predicted molar refractivity (Wildman–Crippen MR) is 73.9 cm³/mol. The molecule has 2 unspecified atom stereocenters. The van der Waals surface area contributed by atoms with Gasteiger partial charge in [-0.25, -0.2) is 4.39 Å². The Bertz CT molecular complexity index is 518. The zero-order valence-electron chi connectivity index (χ0n) is 10.5. The Hall–Kier alpha value is -0.940. The van der Waals surface area contributed by atoms with E-state index in [9.17, 15) is 9.18 Å². The number of benzene rings is 1. The minimum atomic E-state index is -0.288. The van der Waals surface area contributed by atoms with Gasteiger partial charge in [0.1, 0.15) is 5.82 Å². The van der Waals surface area contributed by atoms with Crippen molar-refractivity contribution in [3.8, 4) is 0 Å². The standard InChI is InChI=1S/C14H16BrFN2O/c15-11-7-8(16)1-4-10(11)14-12(17)5-6-13(19)18(14)9-2-3-9/h1,4,7,9,12,14H,2-3,5-6,17H2. The number of nitrogens with zero attached hydrogens (tertiary/aromatic N) is 1. The van der Waals surface area contributed by atoms with Crippen LogP contribution in [0.4, 0.5) is 4.39 Å². The number of nitrogens with two attached hydrogens (primary N) is 1. The molecule has 2 fully saturated rings. The second-order valence-electron chi connectivity index (χ2n) is 5.35. The maximum atomic E-state index is 13.2. The monoisotopic (exact) mass is 326 g/mol. The Balaban J connectivity index is 2.00. The van der Waals surface area contributed by atoms with Crippen LogP contribution in [-0.2, 0) is 4.79 Å². The third-order valence-electron chi connectivity index (χ3n) is 3.91. The van der Waals surface area contributed by atoms with Gasteiger partial charge in [-0.1, -0.05) is 22.0 Å². The SMILES string of the molecule is NC1CCC(=O)N(C2CC2)C1c1ccc(F)cc1Br. The highest BCUT2D eigenvalue weighted by atomic mass is 79.9. The van der Waals surface area contributed by atoms with Crippen LogP contribution in [0.5, 0.6) is 0 Å². The van der Waals surface area contributed by atoms with Gasteiger partial charge in [-0.2, -0.15) is 0 Å². The number of halogens is 2. The number of amides is 1. The molecule has 0 bridgehead atoms. The molecule has 2 N–H and O–H groups in total. The van der Waals surface area contributed by atoms with Crippen LogP contribution in [0.2, 0.25) is 0 Å². The van der Waals surface area contributed by atoms with Crippen molar-refractivity contribution in [2.75, 3.05) is 0 Å². The van der Waals surface area contributed by atoms with Gasteiger partial charge < -0.3 is 10.6 Å². The molecule has 1 aromatic rings. The van der Waals surface area contributed by atoms with Crippen molar-refractivity contribution in [2.24, 2.45) is 5.73 Å². The van der Waals surface area contributed by atoms with E-state index >= 15 is 0 Å². The van der Waals surface area contributed by atoms with Crippen molar-refractivity contribution in [2.45, 2.75) is 43.8 Å². The molecular formula is C14H16BrFN2O. The largest absolute Gasteiger partial charge is 0.331 e. The van der Waals surface area contributed by atoms with E-state index in [1.165, 1.54) is 12.1 Å². The molecule has 19 heavy (non-hydrogen) atoms. The normalized spacial score (nSPS) is 27.7. The molecular weight excluding hydrogens is 311 g/mol. The van der Waals surface area contributed by atoms with Gasteiger partial charge in [0, 0.05) is 23.0 Å². The zero-order valence-corrected chi connectivity index (χ0v) is 12.1. The molecule has 102 valence electrons. The first-order valence-corrected chi connectivity index (χ1v) is 7.39. The minimum Gasteiger partial charge on any atom is -0.331 e. The number of carbonyl (C=O) groups excluding carboxylic acids is 1. The van der Waals surface area contributed by atoms with Crippen molar-refractivity contribution in [3.05, 3.63) is 34.1 Å². The summed E-state index contributed by atoms with van der Waals surface area (Å²) in [6.07, 6.45) is 3.31. The lowest BCUT2D eigenvalue weighted by atomic mass is 9.90. The van der Waals surface area contributed by atoms with Gasteiger partial charge in [-0.3, -0.25) is 4.79 Å². The van der Waals surface area contributed by atoms with Gasteiger partial charge in [0.2, 0.25) is 5.91 Å². The summed E-state index contributed by atoms with van der Waals surface area (Å²) in [5.74, 6) is -0.116. The molecule has 2 atom stereocenters. The van der Waals surface area contributed by atoms with Gasteiger partial charge in [0.25, 0.3) is 0 Å². The number of carbonyl (C=O) groups is 1. The summed E-state index contributed by atoms with van der Waals surface area (Å²) in [5, 5.41) is 0. The van der Waals surface area contributed by atoms with Crippen LogP contribution >= 0.6 is 15.9 Å². The Labute approximate surface area is 120 Å². The van der Waals surface area contributed by atoms with E-state index < -0.39 is 0 Å². The minimum absolute atomic E-state index is 0.0833. The number of likely N-dealkylation sites (tertiary alicyclic amines) is 1. The van der Waals surface area contributed by atoms with E-state index in [1.54, 1.807) is 6.07 Å². The maximum Gasteiger partial charge on any atom is 0.223 e. The maximum absolute atomic E-state index is 13.2. The van der Waals surface area contributed by atoms with Crippen molar-refractivity contribution in [1.29, 1.82) is 0 Å². The fourth-order valence-corrected chi connectivity index (χ4v) is 3.43. The smallest absolute Gasteiger partial charge is 0.223 e. The molecule has 0 radical (unpaired) electrons. The van der Waals surface area contributed by atoms with Gasteiger partial charge in [0.05, 0.1) is 6.04 Å². The Morgan fingerprint density at radius 1 is 1.32 bits per heavy atom. The van der Waals surface area contributed by atoms with E-state index in [-0.39, 0.29) is 23.8 Å². The second kappa shape index (κ2) is 4.87. The van der Waals surface area contributed by atoms with Crippen molar-refractivity contribution in [3.63, 3.8) is 0 Å². The first-order chi connectivity index (χ1) is 9.08. The van der Waals surface area contributed by atoms with E-state index in [4.69, 9.17) is 5.73 Å². The fourth-order valence-electron chi connectivity index (χ4n) is 2.84. The van der Waals surface area contributed by atoms with E-state index in [0.29, 0.717) is 23.4 Å². The van der Waals surface area contributed by atoms with Crippen LogP contribution in [0.1, 0.15) is 37.3 Å². The second-order valence-corrected chi connectivity index (χ2v) is 6.20. The molecule has 0 aromatic heterocycles. The van der Waals surface area contributed by atoms with Gasteiger partial charge >= 0.3 is 0 Å². The zero-order chi connectivity index (χ0) is 13.6. The van der Waals surface area contributed by atoms with Crippen LogP contribution in [0.3, 0.4) is 0 Å². The topological polar surface area (TPSA) is 46.3 Å². The molecule has 1 heterocycles. The van der Waals surface area contributed by atoms with E-state index in [0.717, 1.165) is 18.4 Å². The predicted octanol–water partition coefficient (Wildman–Crippen LogP) is 2.74. The quantitative estimate of drug-likeness (QED) is 0.908. The fraction of sp³-hybridized carbons (Fsp3) is 0.500. The summed E-state index contributed by atoms with van der Waals surface area (Å²) in [7, 11) is 0. The van der Waals surface area contributed by atoms with E-state index in [2.05, 4.69) is 15.9 Å². The summed E-state index contributed by atoms with van der Waals surface area (Å²) in [6, 6.07) is 4.70. The number of piperidine rings is 1. The molecule has 1 aliphatic heterocycles. The van der Waals surface area contributed by atoms with Crippen LogP contribution in [-0.4, -0.2) is 22.9 Å². The number of rotatable bonds is 2. The van der Waals surface area contributed by atoms with Gasteiger partial charge in [0.15, 0.2) is 0 Å². The summed E-state index contributed by atoms with van der Waals surface area (Å²) < 4.78 is 13.9. The summed E-state index contributed by atoms with van der Waals surface area (Å²) in [6.45, 7) is 0. The number of hydrogen-bond acceptors (Lipinski definition) is 2. The molecule has 2 aliphatic rings. The van der Waals surface area contributed by atoms with E-state index in [1.807, 2.05) is 4.90 Å². The van der Waals surface area contributed by atoms with Crippen LogP contribution < -0.4 is 5.73 Å². The average Bonchev–Trinajstić information content (AvgIpc) is 3.17.